The van der Waals surface area contributed by atoms with E-state index in [4.69, 9.17) is 23.2 Å². The lowest BCUT2D eigenvalue weighted by atomic mass is 9.97. The lowest BCUT2D eigenvalue weighted by Gasteiger charge is -2.38. The first-order valence-electron chi connectivity index (χ1n) is 6.66. The third-order valence-electron chi connectivity index (χ3n) is 3.89. The molecule has 1 aromatic carbocycles. The van der Waals surface area contributed by atoms with Crippen molar-refractivity contribution in [3.05, 3.63) is 26.7 Å². The van der Waals surface area contributed by atoms with Gasteiger partial charge in [0.1, 0.15) is 0 Å². The molecule has 2 nitrogen and oxygen atoms in total. The average Bonchev–Trinajstić information content (AvgIpc) is 2.44. The highest BCUT2D eigenvalue weighted by Gasteiger charge is 2.25. The summed E-state index contributed by atoms with van der Waals surface area (Å²) < 4.78 is 0.844. The third-order valence-corrected chi connectivity index (χ3v) is 5.65. The van der Waals surface area contributed by atoms with Gasteiger partial charge in [0.15, 0.2) is 0 Å². The largest absolute Gasteiger partial charge is 0.367 e. The van der Waals surface area contributed by atoms with Crippen molar-refractivity contribution in [1.82, 2.24) is 5.32 Å². The van der Waals surface area contributed by atoms with E-state index < -0.39 is 0 Å². The predicted octanol–water partition coefficient (Wildman–Crippen LogP) is 4.58. The van der Waals surface area contributed by atoms with Crippen LogP contribution in [0.25, 0.3) is 0 Å². The topological polar surface area (TPSA) is 15.3 Å². The number of nitrogens with one attached hydrogen (secondary N) is 1. The highest BCUT2D eigenvalue weighted by Crippen LogP contribution is 2.38. The molecule has 0 aromatic heterocycles. The minimum Gasteiger partial charge on any atom is -0.367 e. The predicted molar refractivity (Wildman–Crippen MR) is 87.6 cm³/mol. The normalized spacial score (nSPS) is 21.5. The van der Waals surface area contributed by atoms with E-state index in [1.807, 2.05) is 12.1 Å². The van der Waals surface area contributed by atoms with Crippen LogP contribution in [0.15, 0.2) is 16.6 Å². The first-order chi connectivity index (χ1) is 9.04. The van der Waals surface area contributed by atoms with E-state index in [-0.39, 0.29) is 0 Å². The molecule has 19 heavy (non-hydrogen) atoms. The molecule has 0 aliphatic carbocycles. The molecule has 2 atom stereocenters. The van der Waals surface area contributed by atoms with Crippen molar-refractivity contribution in [3.63, 3.8) is 0 Å². The van der Waals surface area contributed by atoms with Crippen molar-refractivity contribution in [2.75, 3.05) is 24.5 Å². The van der Waals surface area contributed by atoms with Crippen LogP contribution in [0.5, 0.6) is 0 Å². The van der Waals surface area contributed by atoms with Crippen molar-refractivity contribution < 1.29 is 0 Å². The van der Waals surface area contributed by atoms with Crippen LogP contribution in [0, 0.1) is 5.92 Å². The molecular formula is C14H19BrCl2N2. The van der Waals surface area contributed by atoms with Crippen LogP contribution in [-0.4, -0.2) is 25.7 Å². The molecule has 0 bridgehead atoms. The Morgan fingerprint density at radius 1 is 1.42 bits per heavy atom. The molecule has 1 aliphatic heterocycles. The molecule has 5 heteroatoms. The minimum atomic E-state index is 0.511. The summed E-state index contributed by atoms with van der Waals surface area (Å²) in [6.07, 6.45) is 1.18. The Morgan fingerprint density at radius 3 is 2.84 bits per heavy atom. The van der Waals surface area contributed by atoms with Gasteiger partial charge in [0.05, 0.1) is 15.7 Å². The van der Waals surface area contributed by atoms with Crippen LogP contribution in [0.3, 0.4) is 0 Å². The number of piperazine rings is 1. The summed E-state index contributed by atoms with van der Waals surface area (Å²) in [4.78, 5) is 2.33. The maximum atomic E-state index is 6.37. The van der Waals surface area contributed by atoms with E-state index >= 15 is 0 Å². The van der Waals surface area contributed by atoms with E-state index in [2.05, 4.69) is 40.0 Å². The molecule has 1 aliphatic rings. The second kappa shape index (κ2) is 6.66. The van der Waals surface area contributed by atoms with Crippen molar-refractivity contribution in [3.8, 4) is 0 Å². The van der Waals surface area contributed by atoms with E-state index in [0.717, 1.165) is 29.8 Å². The number of rotatable bonds is 3. The lowest BCUT2D eigenvalue weighted by molar-refractivity contribution is 0.342. The van der Waals surface area contributed by atoms with Gasteiger partial charge in [0, 0.05) is 30.1 Å². The molecule has 1 heterocycles. The van der Waals surface area contributed by atoms with E-state index in [9.17, 15) is 0 Å². The fourth-order valence-electron chi connectivity index (χ4n) is 2.42. The van der Waals surface area contributed by atoms with Crippen molar-refractivity contribution in [1.29, 1.82) is 0 Å². The lowest BCUT2D eigenvalue weighted by Crippen LogP contribution is -2.53. The zero-order valence-corrected chi connectivity index (χ0v) is 14.3. The molecule has 0 saturated carbocycles. The Kier molecular flexibility index (Phi) is 5.41. The third kappa shape index (κ3) is 3.38. The molecule has 106 valence electrons. The smallest absolute Gasteiger partial charge is 0.0837 e. The second-order valence-electron chi connectivity index (χ2n) is 5.09. The molecule has 0 amide bonds. The van der Waals surface area contributed by atoms with Gasteiger partial charge in [-0.2, -0.15) is 0 Å². The maximum absolute atomic E-state index is 6.37. The summed E-state index contributed by atoms with van der Waals surface area (Å²) in [5.41, 5.74) is 1.03. The van der Waals surface area contributed by atoms with E-state index in [1.165, 1.54) is 6.42 Å². The van der Waals surface area contributed by atoms with Crippen LogP contribution in [0.2, 0.25) is 10.0 Å². The van der Waals surface area contributed by atoms with Gasteiger partial charge in [0.2, 0.25) is 0 Å². The Bertz CT molecular complexity index is 453. The number of hydrogen-bond donors (Lipinski definition) is 1. The molecule has 2 rings (SSSR count). The number of benzene rings is 1. The van der Waals surface area contributed by atoms with Crippen LogP contribution in [0.1, 0.15) is 20.3 Å². The standard InChI is InChI=1S/C14H19BrCl2N2/c1-3-9(2)11-8-19(7-6-18-11)12-5-4-10(15)13(16)14(12)17/h4-5,9,11,18H,3,6-8H2,1-2H3. The quantitative estimate of drug-likeness (QED) is 0.788. The maximum Gasteiger partial charge on any atom is 0.0837 e. The van der Waals surface area contributed by atoms with Crippen LogP contribution in [0.4, 0.5) is 5.69 Å². The van der Waals surface area contributed by atoms with Crippen LogP contribution >= 0.6 is 39.1 Å². The van der Waals surface area contributed by atoms with Crippen molar-refractivity contribution in [2.45, 2.75) is 26.3 Å². The molecule has 2 unspecified atom stereocenters. The summed E-state index contributed by atoms with van der Waals surface area (Å²) in [6, 6.07) is 4.51. The van der Waals surface area contributed by atoms with Crippen LogP contribution in [-0.2, 0) is 0 Å². The van der Waals surface area contributed by atoms with Crippen LogP contribution < -0.4 is 10.2 Å². The monoisotopic (exact) mass is 364 g/mol. The molecule has 0 radical (unpaired) electrons. The molecule has 0 spiro atoms. The highest BCUT2D eigenvalue weighted by atomic mass is 79.9. The molecule has 1 saturated heterocycles. The Labute approximate surface area is 133 Å². The summed E-state index contributed by atoms with van der Waals surface area (Å²) >= 11 is 16.0. The Balaban J connectivity index is 2.20. The molecule has 1 aromatic rings. The average molecular weight is 366 g/mol. The molecule has 1 N–H and O–H groups in total. The first kappa shape index (κ1) is 15.4. The molecule has 1 fully saturated rings. The fourth-order valence-corrected chi connectivity index (χ4v) is 3.31. The fraction of sp³-hybridized carbons (Fsp3) is 0.571. The van der Waals surface area contributed by atoms with Gasteiger partial charge >= 0.3 is 0 Å². The SMILES string of the molecule is CCC(C)C1CN(c2ccc(Br)c(Cl)c2Cl)CCN1. The number of halogens is 3. The Morgan fingerprint density at radius 2 is 2.16 bits per heavy atom. The number of hydrogen-bond acceptors (Lipinski definition) is 2. The summed E-state index contributed by atoms with van der Waals surface area (Å²) in [7, 11) is 0. The van der Waals surface area contributed by atoms with Gasteiger partial charge in [-0.3, -0.25) is 0 Å². The van der Waals surface area contributed by atoms with Gasteiger partial charge in [-0.15, -0.1) is 0 Å². The summed E-state index contributed by atoms with van der Waals surface area (Å²) in [5, 5.41) is 4.82. The Hall–Kier alpha value is 0.0400. The molecular weight excluding hydrogens is 347 g/mol. The summed E-state index contributed by atoms with van der Waals surface area (Å²) in [6.45, 7) is 7.45. The minimum absolute atomic E-state index is 0.511. The number of anilines is 1. The highest BCUT2D eigenvalue weighted by molar-refractivity contribution is 9.10. The zero-order chi connectivity index (χ0) is 14.0. The van der Waals surface area contributed by atoms with Crippen molar-refractivity contribution >= 4 is 44.8 Å². The van der Waals surface area contributed by atoms with E-state index in [1.54, 1.807) is 0 Å². The van der Waals surface area contributed by atoms with Gasteiger partial charge in [-0.1, -0.05) is 43.5 Å². The van der Waals surface area contributed by atoms with Gasteiger partial charge in [0.25, 0.3) is 0 Å². The van der Waals surface area contributed by atoms with Gasteiger partial charge in [-0.05, 0) is 34.0 Å². The first-order valence-corrected chi connectivity index (χ1v) is 8.21. The number of nitrogens with zero attached hydrogens (tertiary/aromatic N) is 1. The van der Waals surface area contributed by atoms with E-state index in [0.29, 0.717) is 22.0 Å². The zero-order valence-electron chi connectivity index (χ0n) is 11.2. The van der Waals surface area contributed by atoms with Crippen molar-refractivity contribution in [2.24, 2.45) is 5.92 Å². The summed E-state index contributed by atoms with van der Waals surface area (Å²) in [5.74, 6) is 0.660. The van der Waals surface area contributed by atoms with Gasteiger partial charge < -0.3 is 10.2 Å². The second-order valence-corrected chi connectivity index (χ2v) is 6.70. The van der Waals surface area contributed by atoms with Gasteiger partial charge in [-0.25, -0.2) is 0 Å².